The molecule has 1 saturated heterocycles. The van der Waals surface area contributed by atoms with E-state index in [-0.39, 0.29) is 11.2 Å². The van der Waals surface area contributed by atoms with E-state index in [0.717, 1.165) is 39.4 Å². The van der Waals surface area contributed by atoms with Crippen LogP contribution in [0.15, 0.2) is 17.3 Å². The third-order valence-corrected chi connectivity index (χ3v) is 2.65. The van der Waals surface area contributed by atoms with Gasteiger partial charge in [0, 0.05) is 32.4 Å². The van der Waals surface area contributed by atoms with Crippen molar-refractivity contribution in [3.63, 3.8) is 0 Å². The minimum atomic E-state index is -0.359. The first kappa shape index (κ1) is 11.1. The van der Waals surface area contributed by atoms with Crippen LogP contribution in [-0.2, 0) is 11.3 Å². The number of nitrogens with zero attached hydrogens (tertiary/aromatic N) is 3. The van der Waals surface area contributed by atoms with E-state index in [4.69, 9.17) is 10.5 Å². The Balaban J connectivity index is 1.88. The molecule has 1 aromatic heterocycles. The van der Waals surface area contributed by atoms with Gasteiger partial charge in [0.1, 0.15) is 5.69 Å². The van der Waals surface area contributed by atoms with E-state index < -0.39 is 0 Å². The minimum Gasteiger partial charge on any atom is -0.393 e. The Hall–Kier alpha value is -1.40. The van der Waals surface area contributed by atoms with E-state index in [0.29, 0.717) is 0 Å². The number of ether oxygens (including phenoxy) is 1. The highest BCUT2D eigenvalue weighted by Gasteiger charge is 2.09. The molecule has 0 aliphatic carbocycles. The second-order valence-corrected chi connectivity index (χ2v) is 3.83. The lowest BCUT2D eigenvalue weighted by molar-refractivity contribution is 0.0363. The van der Waals surface area contributed by atoms with Gasteiger partial charge in [-0.3, -0.25) is 9.69 Å². The summed E-state index contributed by atoms with van der Waals surface area (Å²) in [5.74, 6) is 0. The summed E-state index contributed by atoms with van der Waals surface area (Å²) in [6.07, 6.45) is 3.16. The number of nitrogen functional groups attached to an aromatic ring is 1. The van der Waals surface area contributed by atoms with E-state index in [1.807, 2.05) is 4.57 Å². The summed E-state index contributed by atoms with van der Waals surface area (Å²) in [5.41, 5.74) is 5.34. The first-order chi connectivity index (χ1) is 7.75. The van der Waals surface area contributed by atoms with Gasteiger partial charge in [0.05, 0.1) is 19.5 Å². The topological polar surface area (TPSA) is 73.4 Å². The van der Waals surface area contributed by atoms with Crippen molar-refractivity contribution in [1.82, 2.24) is 14.5 Å². The van der Waals surface area contributed by atoms with E-state index >= 15 is 0 Å². The van der Waals surface area contributed by atoms with Crippen molar-refractivity contribution in [1.29, 1.82) is 0 Å². The van der Waals surface area contributed by atoms with Gasteiger partial charge in [0.15, 0.2) is 0 Å². The molecule has 1 fully saturated rings. The van der Waals surface area contributed by atoms with Crippen LogP contribution < -0.4 is 11.3 Å². The molecule has 1 aromatic rings. The van der Waals surface area contributed by atoms with E-state index in [2.05, 4.69) is 9.88 Å². The Labute approximate surface area is 93.6 Å². The predicted octanol–water partition coefficient (Wildman–Crippen LogP) is -0.842. The summed E-state index contributed by atoms with van der Waals surface area (Å²) in [4.78, 5) is 17.0. The van der Waals surface area contributed by atoms with Gasteiger partial charge in [-0.15, -0.1) is 0 Å². The monoisotopic (exact) mass is 224 g/mol. The molecule has 2 rings (SSSR count). The molecule has 1 aliphatic rings. The van der Waals surface area contributed by atoms with Crippen molar-refractivity contribution in [3.05, 3.63) is 22.9 Å². The van der Waals surface area contributed by atoms with Crippen molar-refractivity contribution in [2.45, 2.75) is 6.54 Å². The Kier molecular flexibility index (Phi) is 3.53. The zero-order valence-electron chi connectivity index (χ0n) is 9.13. The molecule has 16 heavy (non-hydrogen) atoms. The summed E-state index contributed by atoms with van der Waals surface area (Å²) < 4.78 is 7.10. The molecule has 0 bridgehead atoms. The van der Waals surface area contributed by atoms with Gasteiger partial charge in [-0.1, -0.05) is 0 Å². The van der Waals surface area contributed by atoms with Crippen LogP contribution >= 0.6 is 0 Å². The van der Waals surface area contributed by atoms with Gasteiger partial charge in [-0.05, 0) is 0 Å². The number of anilines is 1. The molecule has 0 amide bonds. The average molecular weight is 224 g/mol. The Morgan fingerprint density at radius 1 is 1.38 bits per heavy atom. The first-order valence-electron chi connectivity index (χ1n) is 5.37. The van der Waals surface area contributed by atoms with Crippen molar-refractivity contribution in [2.24, 2.45) is 0 Å². The van der Waals surface area contributed by atoms with Crippen LogP contribution in [0.1, 0.15) is 0 Å². The largest absolute Gasteiger partial charge is 0.393 e. The van der Waals surface area contributed by atoms with Crippen molar-refractivity contribution >= 4 is 5.69 Å². The quantitative estimate of drug-likeness (QED) is 0.724. The lowest BCUT2D eigenvalue weighted by Crippen LogP contribution is -2.38. The lowest BCUT2D eigenvalue weighted by Gasteiger charge is -2.26. The summed E-state index contributed by atoms with van der Waals surface area (Å²) in [6, 6.07) is 0. The third-order valence-electron chi connectivity index (χ3n) is 2.65. The van der Waals surface area contributed by atoms with Gasteiger partial charge < -0.3 is 15.0 Å². The van der Waals surface area contributed by atoms with Gasteiger partial charge in [0.25, 0.3) is 5.56 Å². The molecule has 1 aliphatic heterocycles. The van der Waals surface area contributed by atoms with Crippen molar-refractivity contribution in [2.75, 3.05) is 38.6 Å². The molecule has 6 nitrogen and oxygen atoms in total. The zero-order chi connectivity index (χ0) is 11.4. The average Bonchev–Trinajstić information content (AvgIpc) is 2.32. The SMILES string of the molecule is Nc1cn(CCN2CCOCC2)cnc1=O. The highest BCUT2D eigenvalue weighted by Crippen LogP contribution is 1.98. The lowest BCUT2D eigenvalue weighted by atomic mass is 10.4. The van der Waals surface area contributed by atoms with E-state index in [9.17, 15) is 4.79 Å². The fourth-order valence-corrected chi connectivity index (χ4v) is 1.67. The number of rotatable bonds is 3. The molecule has 0 atom stereocenters. The molecular formula is C10H16N4O2. The maximum Gasteiger partial charge on any atom is 0.295 e. The summed E-state index contributed by atoms with van der Waals surface area (Å²) in [7, 11) is 0. The van der Waals surface area contributed by atoms with Gasteiger partial charge >= 0.3 is 0 Å². The van der Waals surface area contributed by atoms with E-state index in [1.165, 1.54) is 6.33 Å². The minimum absolute atomic E-state index is 0.199. The highest BCUT2D eigenvalue weighted by atomic mass is 16.5. The van der Waals surface area contributed by atoms with Gasteiger partial charge in [0.2, 0.25) is 0 Å². The zero-order valence-corrected chi connectivity index (χ0v) is 9.13. The Morgan fingerprint density at radius 3 is 2.81 bits per heavy atom. The van der Waals surface area contributed by atoms with Crippen molar-refractivity contribution < 1.29 is 4.74 Å². The number of hydrogen-bond donors (Lipinski definition) is 1. The molecule has 0 saturated carbocycles. The molecular weight excluding hydrogens is 208 g/mol. The van der Waals surface area contributed by atoms with Crippen LogP contribution in [0.3, 0.4) is 0 Å². The van der Waals surface area contributed by atoms with Crippen LogP contribution in [0, 0.1) is 0 Å². The highest BCUT2D eigenvalue weighted by molar-refractivity contribution is 5.30. The second kappa shape index (κ2) is 5.09. The fourth-order valence-electron chi connectivity index (χ4n) is 1.67. The van der Waals surface area contributed by atoms with E-state index in [1.54, 1.807) is 6.20 Å². The number of aromatic nitrogens is 2. The maximum atomic E-state index is 11.0. The third kappa shape index (κ3) is 2.80. The summed E-state index contributed by atoms with van der Waals surface area (Å²) >= 11 is 0. The van der Waals surface area contributed by atoms with Crippen LogP contribution in [-0.4, -0.2) is 47.3 Å². The van der Waals surface area contributed by atoms with Gasteiger partial charge in [-0.2, -0.15) is 4.98 Å². The number of morpholine rings is 1. The summed E-state index contributed by atoms with van der Waals surface area (Å²) in [6.45, 7) is 5.23. The number of hydrogen-bond acceptors (Lipinski definition) is 5. The Bertz CT molecular complexity index is 398. The smallest absolute Gasteiger partial charge is 0.295 e. The van der Waals surface area contributed by atoms with Crippen LogP contribution in [0.4, 0.5) is 5.69 Å². The Morgan fingerprint density at radius 2 is 2.12 bits per heavy atom. The fraction of sp³-hybridized carbons (Fsp3) is 0.600. The standard InChI is InChI=1S/C10H16N4O2/c11-9-7-14(8-12-10(9)15)2-1-13-3-5-16-6-4-13/h7-8H,1-6,11H2. The molecule has 88 valence electrons. The molecule has 0 spiro atoms. The number of nitrogens with two attached hydrogens (primary N) is 1. The summed E-state index contributed by atoms with van der Waals surface area (Å²) in [5, 5.41) is 0. The molecule has 0 aromatic carbocycles. The molecule has 2 N–H and O–H groups in total. The molecule has 6 heteroatoms. The van der Waals surface area contributed by atoms with Crippen molar-refractivity contribution in [3.8, 4) is 0 Å². The maximum absolute atomic E-state index is 11.0. The molecule has 0 unspecified atom stereocenters. The van der Waals surface area contributed by atoms with Gasteiger partial charge in [-0.25, -0.2) is 0 Å². The molecule has 2 heterocycles. The van der Waals surface area contributed by atoms with Crippen LogP contribution in [0.2, 0.25) is 0 Å². The van der Waals surface area contributed by atoms with Crippen LogP contribution in [0.25, 0.3) is 0 Å². The first-order valence-corrected chi connectivity index (χ1v) is 5.37. The molecule has 0 radical (unpaired) electrons. The second-order valence-electron chi connectivity index (χ2n) is 3.83. The normalized spacial score (nSPS) is 17.5. The predicted molar refractivity (Wildman–Crippen MR) is 60.2 cm³/mol. The van der Waals surface area contributed by atoms with Crippen LogP contribution in [0.5, 0.6) is 0 Å².